The Labute approximate surface area is 201 Å². The average molecular weight is 491 g/mol. The second kappa shape index (κ2) is 11.2. The minimum atomic E-state index is -0.404. The Hall–Kier alpha value is -2.81. The van der Waals surface area contributed by atoms with E-state index in [1.165, 1.54) is 18.4 Å². The smallest absolute Gasteiger partial charge is 0.341 e. The maximum absolute atomic E-state index is 12.5. The third kappa shape index (κ3) is 5.91. The summed E-state index contributed by atoms with van der Waals surface area (Å²) in [7, 11) is 3.07. The lowest BCUT2D eigenvalue weighted by molar-refractivity contribution is 0.0528. The highest BCUT2D eigenvalue weighted by molar-refractivity contribution is 7.80. The quantitative estimate of drug-likeness (QED) is 0.296. The number of anilines is 2. The third-order valence-corrected chi connectivity index (χ3v) is 6.00. The molecule has 0 aliphatic rings. The van der Waals surface area contributed by atoms with Crippen LogP contribution in [0.25, 0.3) is 0 Å². The van der Waals surface area contributed by atoms with E-state index in [0.717, 1.165) is 10.4 Å². The molecule has 0 radical (unpaired) electrons. The van der Waals surface area contributed by atoms with Crippen molar-refractivity contribution in [1.29, 1.82) is 0 Å². The van der Waals surface area contributed by atoms with Gasteiger partial charge in [0.15, 0.2) is 5.11 Å². The number of carbonyl (C=O) groups excluding carboxylic acids is 1. The molecule has 0 atom stereocenters. The van der Waals surface area contributed by atoms with Crippen molar-refractivity contribution in [3.05, 3.63) is 69.6 Å². The highest BCUT2D eigenvalue weighted by Gasteiger charge is 2.19. The fourth-order valence-electron chi connectivity index (χ4n) is 2.99. The summed E-state index contributed by atoms with van der Waals surface area (Å²) in [5, 5.41) is 7.47. The van der Waals surface area contributed by atoms with Crippen LogP contribution in [-0.2, 0) is 11.2 Å². The fourth-order valence-corrected chi connectivity index (χ4v) is 4.59. The Balaban J connectivity index is 1.83. The Morgan fingerprint density at radius 3 is 2.44 bits per heavy atom. The highest BCUT2D eigenvalue weighted by Crippen LogP contribution is 2.36. The number of hydrogen-bond donors (Lipinski definition) is 2. The van der Waals surface area contributed by atoms with Gasteiger partial charge in [-0.3, -0.25) is 0 Å². The molecule has 1 aromatic heterocycles. The molecule has 6 nitrogen and oxygen atoms in total. The summed E-state index contributed by atoms with van der Waals surface area (Å²) >= 11 is 13.2. The number of thiocarbonyl (C=S) groups is 1. The molecule has 0 aliphatic heterocycles. The van der Waals surface area contributed by atoms with Crippen molar-refractivity contribution in [1.82, 2.24) is 0 Å². The minimum Gasteiger partial charge on any atom is -0.495 e. The largest absolute Gasteiger partial charge is 0.495 e. The predicted molar refractivity (Wildman–Crippen MR) is 134 cm³/mol. The van der Waals surface area contributed by atoms with Gasteiger partial charge in [0.1, 0.15) is 16.5 Å². The lowest BCUT2D eigenvalue weighted by Crippen LogP contribution is -2.20. The van der Waals surface area contributed by atoms with Crippen LogP contribution in [0.4, 0.5) is 10.7 Å². The first kappa shape index (κ1) is 23.8. The number of carbonyl (C=O) groups is 1. The number of hydrogen-bond acceptors (Lipinski definition) is 6. The van der Waals surface area contributed by atoms with Crippen molar-refractivity contribution < 1.29 is 19.0 Å². The SMILES string of the molecule is CCOC(=O)c1cc(Cc2ccccc2)sc1NC(=S)Nc1cc(Cl)c(OC)cc1OC. The maximum atomic E-state index is 12.5. The number of rotatable bonds is 8. The van der Waals surface area contributed by atoms with Crippen LogP contribution < -0.4 is 20.1 Å². The van der Waals surface area contributed by atoms with Gasteiger partial charge in [-0.05, 0) is 36.8 Å². The monoisotopic (exact) mass is 490 g/mol. The molecule has 168 valence electrons. The molecule has 3 aromatic rings. The molecule has 0 aliphatic carbocycles. The van der Waals surface area contributed by atoms with Crippen LogP contribution in [0, 0.1) is 0 Å². The van der Waals surface area contributed by atoms with Crippen LogP contribution in [-0.4, -0.2) is 31.9 Å². The molecule has 0 fully saturated rings. The first-order valence-corrected chi connectivity index (χ1v) is 11.4. The summed E-state index contributed by atoms with van der Waals surface area (Å²) in [5.74, 6) is 0.594. The van der Waals surface area contributed by atoms with Crippen LogP contribution in [0.5, 0.6) is 11.5 Å². The third-order valence-electron chi connectivity index (χ3n) is 4.45. The van der Waals surface area contributed by atoms with Crippen molar-refractivity contribution in [2.24, 2.45) is 0 Å². The van der Waals surface area contributed by atoms with E-state index in [-0.39, 0.29) is 11.7 Å². The Bertz CT molecular complexity index is 1100. The standard InChI is InChI=1S/C23H23ClN2O4S2/c1-4-30-22(27)16-11-15(10-14-8-6-5-7-9-14)32-21(16)26-23(31)25-18-12-17(24)19(28-2)13-20(18)29-3/h5-9,11-13H,4,10H2,1-3H3,(H2,25,26,31). The van der Waals surface area contributed by atoms with Gasteiger partial charge in [-0.2, -0.15) is 0 Å². The van der Waals surface area contributed by atoms with E-state index in [9.17, 15) is 4.79 Å². The Morgan fingerprint density at radius 2 is 1.78 bits per heavy atom. The van der Waals surface area contributed by atoms with Gasteiger partial charge >= 0.3 is 5.97 Å². The molecule has 32 heavy (non-hydrogen) atoms. The van der Waals surface area contributed by atoms with E-state index in [0.29, 0.717) is 39.2 Å². The highest BCUT2D eigenvalue weighted by atomic mass is 35.5. The summed E-state index contributed by atoms with van der Waals surface area (Å²) in [6.45, 7) is 2.06. The van der Waals surface area contributed by atoms with E-state index >= 15 is 0 Å². The normalized spacial score (nSPS) is 10.4. The summed E-state index contributed by atoms with van der Waals surface area (Å²) in [4.78, 5) is 13.5. The van der Waals surface area contributed by atoms with Gasteiger partial charge in [-0.25, -0.2) is 4.79 Å². The molecule has 3 rings (SSSR count). The molecule has 0 amide bonds. The van der Waals surface area contributed by atoms with Crippen molar-refractivity contribution in [2.45, 2.75) is 13.3 Å². The molecule has 9 heteroatoms. The van der Waals surface area contributed by atoms with Gasteiger partial charge in [-0.15, -0.1) is 11.3 Å². The molecule has 0 unspecified atom stereocenters. The zero-order valence-electron chi connectivity index (χ0n) is 17.9. The molecule has 2 N–H and O–H groups in total. The summed E-state index contributed by atoms with van der Waals surface area (Å²) < 4.78 is 15.8. The second-order valence-corrected chi connectivity index (χ2v) is 8.56. The van der Waals surface area contributed by atoms with Gasteiger partial charge in [0.05, 0.1) is 37.1 Å². The molecule has 0 spiro atoms. The van der Waals surface area contributed by atoms with Crippen LogP contribution in [0.3, 0.4) is 0 Å². The van der Waals surface area contributed by atoms with E-state index in [1.54, 1.807) is 26.2 Å². The minimum absolute atomic E-state index is 0.281. The van der Waals surface area contributed by atoms with E-state index in [2.05, 4.69) is 10.6 Å². The molecule has 2 aromatic carbocycles. The Morgan fingerprint density at radius 1 is 1.06 bits per heavy atom. The summed E-state index contributed by atoms with van der Waals surface area (Å²) in [6.07, 6.45) is 0.696. The topological polar surface area (TPSA) is 68.8 Å². The fraction of sp³-hybridized carbons (Fsp3) is 0.217. The summed E-state index contributed by atoms with van der Waals surface area (Å²) in [5.41, 5.74) is 2.15. The second-order valence-electron chi connectivity index (χ2n) is 6.60. The maximum Gasteiger partial charge on any atom is 0.341 e. The zero-order chi connectivity index (χ0) is 23.1. The van der Waals surface area contributed by atoms with Gasteiger partial charge in [0.25, 0.3) is 0 Å². The van der Waals surface area contributed by atoms with Crippen LogP contribution in [0.2, 0.25) is 5.02 Å². The number of benzene rings is 2. The van der Waals surface area contributed by atoms with Gasteiger partial charge in [0.2, 0.25) is 0 Å². The summed E-state index contributed by atoms with van der Waals surface area (Å²) in [6, 6.07) is 15.2. The molecular formula is C23H23ClN2O4S2. The predicted octanol–water partition coefficient (Wildman–Crippen LogP) is 6.00. The van der Waals surface area contributed by atoms with E-state index in [1.807, 2.05) is 36.4 Å². The van der Waals surface area contributed by atoms with E-state index in [4.69, 9.17) is 38.0 Å². The number of methoxy groups -OCH3 is 2. The first-order chi connectivity index (χ1) is 15.4. The number of ether oxygens (including phenoxy) is 3. The van der Waals surface area contributed by atoms with Gasteiger partial charge in [0, 0.05) is 17.4 Å². The van der Waals surface area contributed by atoms with E-state index < -0.39 is 5.97 Å². The number of nitrogens with one attached hydrogen (secondary N) is 2. The molecule has 0 saturated carbocycles. The first-order valence-electron chi connectivity index (χ1n) is 9.78. The molecule has 0 saturated heterocycles. The van der Waals surface area contributed by atoms with Crippen molar-refractivity contribution in [3.63, 3.8) is 0 Å². The van der Waals surface area contributed by atoms with Gasteiger partial charge in [-0.1, -0.05) is 41.9 Å². The van der Waals surface area contributed by atoms with Crippen molar-refractivity contribution in [2.75, 3.05) is 31.5 Å². The van der Waals surface area contributed by atoms with Crippen molar-refractivity contribution in [3.8, 4) is 11.5 Å². The molecular weight excluding hydrogens is 468 g/mol. The molecule has 0 bridgehead atoms. The zero-order valence-corrected chi connectivity index (χ0v) is 20.2. The van der Waals surface area contributed by atoms with Crippen LogP contribution in [0.1, 0.15) is 27.7 Å². The van der Waals surface area contributed by atoms with Crippen molar-refractivity contribution >= 4 is 56.9 Å². The number of esters is 1. The van der Waals surface area contributed by atoms with Crippen LogP contribution >= 0.6 is 35.2 Å². The Kier molecular flexibility index (Phi) is 8.33. The average Bonchev–Trinajstić information content (AvgIpc) is 3.16. The lowest BCUT2D eigenvalue weighted by Gasteiger charge is -2.15. The van der Waals surface area contributed by atoms with Gasteiger partial charge < -0.3 is 24.8 Å². The number of thiophene rings is 1. The van der Waals surface area contributed by atoms with Crippen LogP contribution in [0.15, 0.2) is 48.5 Å². The lowest BCUT2D eigenvalue weighted by atomic mass is 10.1. The number of halogens is 1. The molecule has 1 heterocycles.